The van der Waals surface area contributed by atoms with E-state index in [-0.39, 0.29) is 10.7 Å². The third-order valence-electron chi connectivity index (χ3n) is 4.34. The van der Waals surface area contributed by atoms with Gasteiger partial charge in [0.05, 0.1) is 10.9 Å². The van der Waals surface area contributed by atoms with Crippen LogP contribution in [0.5, 0.6) is 0 Å². The highest BCUT2D eigenvalue weighted by Gasteiger charge is 2.28. The molecule has 0 unspecified atom stereocenters. The first-order valence-corrected chi connectivity index (χ1v) is 9.32. The number of carbonyl (C=O) groups is 1. The van der Waals surface area contributed by atoms with Crippen LogP contribution in [-0.4, -0.2) is 25.6 Å². The summed E-state index contributed by atoms with van der Waals surface area (Å²) in [5, 5.41) is 0.931. The van der Waals surface area contributed by atoms with Crippen molar-refractivity contribution in [3.05, 3.63) is 65.9 Å². The average molecular weight is 357 g/mol. The number of fused-ring (bicyclic) bond motifs is 1. The number of nitrogens with zero attached hydrogens (tertiary/aromatic N) is 1. The van der Waals surface area contributed by atoms with Gasteiger partial charge in [-0.3, -0.25) is 4.79 Å². The zero-order valence-electron chi connectivity index (χ0n) is 14.3. The Bertz CT molecular complexity index is 986. The summed E-state index contributed by atoms with van der Waals surface area (Å²) in [4.78, 5) is 11.5. The van der Waals surface area contributed by atoms with E-state index in [9.17, 15) is 13.2 Å². The maximum Gasteiger partial charge on any atom is 0.243 e. The molecule has 5 nitrogen and oxygen atoms in total. The van der Waals surface area contributed by atoms with Gasteiger partial charge in [0.15, 0.2) is 5.78 Å². The van der Waals surface area contributed by atoms with Crippen LogP contribution in [0.1, 0.15) is 36.0 Å². The number of Topliss-reactive ketones (excluding diaryl/α,β-unsaturated/α-hetero) is 1. The van der Waals surface area contributed by atoms with Crippen molar-refractivity contribution in [2.75, 3.05) is 7.05 Å². The van der Waals surface area contributed by atoms with E-state index in [1.807, 2.05) is 30.3 Å². The Morgan fingerprint density at radius 3 is 2.32 bits per heavy atom. The van der Waals surface area contributed by atoms with E-state index in [1.54, 1.807) is 6.92 Å². The number of sulfonamides is 1. The summed E-state index contributed by atoms with van der Waals surface area (Å²) in [6.07, 6.45) is 0. The fourth-order valence-corrected chi connectivity index (χ4v) is 3.96. The Balaban J connectivity index is 1.91. The lowest BCUT2D eigenvalue weighted by Gasteiger charge is -2.22. The minimum atomic E-state index is -3.70. The largest absolute Gasteiger partial charge is 0.459 e. The molecule has 0 spiro atoms. The molecule has 1 atom stereocenters. The van der Waals surface area contributed by atoms with Crippen LogP contribution in [0.3, 0.4) is 0 Å². The first-order valence-electron chi connectivity index (χ1n) is 7.88. The molecule has 2 aromatic carbocycles. The lowest BCUT2D eigenvalue weighted by atomic mass is 10.2. The van der Waals surface area contributed by atoms with Crippen LogP contribution < -0.4 is 0 Å². The van der Waals surface area contributed by atoms with Gasteiger partial charge in [-0.05, 0) is 38.1 Å². The smallest absolute Gasteiger partial charge is 0.243 e. The number of benzene rings is 2. The van der Waals surface area contributed by atoms with Crippen LogP contribution in [0.25, 0.3) is 11.0 Å². The zero-order chi connectivity index (χ0) is 18.2. The number of carbonyl (C=O) groups excluding carboxylic acids is 1. The summed E-state index contributed by atoms with van der Waals surface area (Å²) < 4.78 is 32.7. The van der Waals surface area contributed by atoms with Crippen molar-refractivity contribution in [1.29, 1.82) is 0 Å². The molecule has 0 amide bonds. The summed E-state index contributed by atoms with van der Waals surface area (Å²) >= 11 is 0. The highest BCUT2D eigenvalue weighted by molar-refractivity contribution is 7.89. The van der Waals surface area contributed by atoms with E-state index < -0.39 is 16.1 Å². The summed E-state index contributed by atoms with van der Waals surface area (Å²) in [7, 11) is -2.18. The molecule has 6 heteroatoms. The molecule has 0 N–H and O–H groups in total. The molecule has 0 saturated heterocycles. The van der Waals surface area contributed by atoms with Gasteiger partial charge in [0.25, 0.3) is 0 Å². The fourth-order valence-electron chi connectivity index (χ4n) is 2.62. The SMILES string of the molecule is CC(=O)c1ccc(S(=O)(=O)N(C)[C@H](C)c2cc3ccccc3o2)cc1. The van der Waals surface area contributed by atoms with Crippen LogP contribution in [0, 0.1) is 0 Å². The second-order valence-electron chi connectivity index (χ2n) is 5.96. The first kappa shape index (κ1) is 17.4. The number of para-hydroxylation sites is 1. The van der Waals surface area contributed by atoms with Gasteiger partial charge in [-0.1, -0.05) is 30.3 Å². The normalized spacial score (nSPS) is 13.3. The monoisotopic (exact) mass is 357 g/mol. The van der Waals surface area contributed by atoms with Crippen LogP contribution >= 0.6 is 0 Å². The molecule has 130 valence electrons. The van der Waals surface area contributed by atoms with Crippen LogP contribution in [-0.2, 0) is 10.0 Å². The quantitative estimate of drug-likeness (QED) is 0.647. The van der Waals surface area contributed by atoms with Crippen LogP contribution in [0.15, 0.2) is 63.9 Å². The van der Waals surface area contributed by atoms with Gasteiger partial charge in [0, 0.05) is 18.0 Å². The molecule has 3 rings (SSSR count). The Kier molecular flexibility index (Phi) is 4.49. The van der Waals surface area contributed by atoms with Crippen molar-refractivity contribution >= 4 is 26.8 Å². The van der Waals surface area contributed by atoms with Gasteiger partial charge in [0.2, 0.25) is 10.0 Å². The molecule has 0 aliphatic carbocycles. The molecule has 1 aromatic heterocycles. The fraction of sp³-hybridized carbons (Fsp3) is 0.211. The summed E-state index contributed by atoms with van der Waals surface area (Å²) in [6, 6.07) is 14.9. The Morgan fingerprint density at radius 1 is 1.08 bits per heavy atom. The van der Waals surface area contributed by atoms with Crippen LogP contribution in [0.2, 0.25) is 0 Å². The number of hydrogen-bond donors (Lipinski definition) is 0. The van der Waals surface area contributed by atoms with Crippen molar-refractivity contribution in [1.82, 2.24) is 4.31 Å². The molecule has 1 heterocycles. The zero-order valence-corrected chi connectivity index (χ0v) is 15.1. The Hall–Kier alpha value is -2.44. The van der Waals surface area contributed by atoms with Gasteiger partial charge in [0.1, 0.15) is 11.3 Å². The number of ketones is 1. The van der Waals surface area contributed by atoms with Crippen molar-refractivity contribution in [3.63, 3.8) is 0 Å². The highest BCUT2D eigenvalue weighted by Crippen LogP contribution is 2.30. The van der Waals surface area contributed by atoms with Gasteiger partial charge in [-0.25, -0.2) is 8.42 Å². The van der Waals surface area contributed by atoms with E-state index in [4.69, 9.17) is 4.42 Å². The topological polar surface area (TPSA) is 67.6 Å². The molecule has 0 fully saturated rings. The Labute approximate surface area is 146 Å². The molecular weight excluding hydrogens is 338 g/mol. The summed E-state index contributed by atoms with van der Waals surface area (Å²) in [6.45, 7) is 3.22. The van der Waals surface area contributed by atoms with Crippen molar-refractivity contribution in [3.8, 4) is 0 Å². The summed E-state index contributed by atoms with van der Waals surface area (Å²) in [5.41, 5.74) is 1.20. The number of hydrogen-bond acceptors (Lipinski definition) is 4. The minimum absolute atomic E-state index is 0.104. The van der Waals surface area contributed by atoms with Crippen molar-refractivity contribution < 1.29 is 17.6 Å². The lowest BCUT2D eigenvalue weighted by Crippen LogP contribution is -2.29. The van der Waals surface area contributed by atoms with Crippen molar-refractivity contribution in [2.24, 2.45) is 0 Å². The molecular formula is C19H19NO4S. The number of furan rings is 1. The van der Waals surface area contributed by atoms with Gasteiger partial charge in [-0.15, -0.1) is 0 Å². The molecule has 0 bridgehead atoms. The van der Waals surface area contributed by atoms with E-state index in [2.05, 4.69) is 0 Å². The first-order chi connectivity index (χ1) is 11.8. The third kappa shape index (κ3) is 3.23. The standard InChI is InChI=1S/C19H19NO4S/c1-13(19-12-16-6-4-5-7-18(16)24-19)20(3)25(22,23)17-10-8-15(9-11-17)14(2)21/h4-13H,1-3H3/t13-/m1/s1. The summed E-state index contributed by atoms with van der Waals surface area (Å²) in [5.74, 6) is 0.473. The van der Waals surface area contributed by atoms with E-state index >= 15 is 0 Å². The van der Waals surface area contributed by atoms with Gasteiger partial charge in [-0.2, -0.15) is 4.31 Å². The third-order valence-corrected chi connectivity index (χ3v) is 6.28. The van der Waals surface area contributed by atoms with Gasteiger partial charge >= 0.3 is 0 Å². The second-order valence-corrected chi connectivity index (χ2v) is 7.96. The molecule has 0 aliphatic heterocycles. The molecule has 0 radical (unpaired) electrons. The maximum atomic E-state index is 12.8. The van der Waals surface area contributed by atoms with E-state index in [0.29, 0.717) is 11.3 Å². The molecule has 0 aliphatic rings. The lowest BCUT2D eigenvalue weighted by molar-refractivity contribution is 0.101. The minimum Gasteiger partial charge on any atom is -0.459 e. The van der Waals surface area contributed by atoms with Crippen molar-refractivity contribution in [2.45, 2.75) is 24.8 Å². The molecule has 25 heavy (non-hydrogen) atoms. The van der Waals surface area contributed by atoms with E-state index in [1.165, 1.54) is 42.5 Å². The average Bonchev–Trinajstić information content (AvgIpc) is 3.04. The molecule has 3 aromatic rings. The van der Waals surface area contributed by atoms with E-state index in [0.717, 1.165) is 11.0 Å². The Morgan fingerprint density at radius 2 is 1.72 bits per heavy atom. The van der Waals surface area contributed by atoms with Gasteiger partial charge < -0.3 is 4.42 Å². The molecule has 0 saturated carbocycles. The highest BCUT2D eigenvalue weighted by atomic mass is 32.2. The second kappa shape index (κ2) is 6.46. The number of rotatable bonds is 5. The maximum absolute atomic E-state index is 12.8. The van der Waals surface area contributed by atoms with Crippen LogP contribution in [0.4, 0.5) is 0 Å². The predicted octanol–water partition coefficient (Wildman–Crippen LogP) is 4.02. The predicted molar refractivity (Wildman–Crippen MR) is 96.0 cm³/mol.